The maximum absolute atomic E-state index is 13.7. The fraction of sp³-hybridized carbons (Fsp3) is 0.625. The molecule has 0 amide bonds. The number of nitrogens with one attached hydrogen (secondary N) is 1. The smallest absolute Gasteiger partial charge is 0.128 e. The molecular weight excluding hydrogens is 260 g/mol. The first-order valence-electron chi connectivity index (χ1n) is 7.30. The fourth-order valence-corrected chi connectivity index (χ4v) is 2.73. The molecule has 112 valence electrons. The summed E-state index contributed by atoms with van der Waals surface area (Å²) in [6, 6.07) is 3.68. The van der Waals surface area contributed by atoms with E-state index in [0.717, 1.165) is 25.5 Å². The molecule has 1 aliphatic heterocycles. The summed E-state index contributed by atoms with van der Waals surface area (Å²) in [4.78, 5) is 0. The maximum Gasteiger partial charge on any atom is 0.128 e. The summed E-state index contributed by atoms with van der Waals surface area (Å²) >= 11 is 0. The van der Waals surface area contributed by atoms with Crippen LogP contribution in [0.3, 0.4) is 0 Å². The van der Waals surface area contributed by atoms with Crippen LogP contribution in [0.1, 0.15) is 45.2 Å². The number of hydrogen-bond acceptors (Lipinski definition) is 2. The molecule has 0 aromatic heterocycles. The SMILES string of the molecule is CC(NC1CCOC(C(C)C)C1)c1cc(F)ccc1F. The van der Waals surface area contributed by atoms with Crippen LogP contribution in [0.5, 0.6) is 0 Å². The molecular formula is C16H23F2NO. The van der Waals surface area contributed by atoms with Gasteiger partial charge in [0.05, 0.1) is 6.10 Å². The Labute approximate surface area is 119 Å². The molecule has 0 aliphatic carbocycles. The van der Waals surface area contributed by atoms with Crippen LogP contribution in [-0.2, 0) is 4.74 Å². The third-order valence-corrected chi connectivity index (χ3v) is 3.97. The highest BCUT2D eigenvalue weighted by Gasteiger charge is 2.26. The highest BCUT2D eigenvalue weighted by molar-refractivity contribution is 5.22. The van der Waals surface area contributed by atoms with Crippen LogP contribution in [-0.4, -0.2) is 18.8 Å². The number of hydrogen-bond donors (Lipinski definition) is 1. The third-order valence-electron chi connectivity index (χ3n) is 3.97. The van der Waals surface area contributed by atoms with Gasteiger partial charge in [-0.3, -0.25) is 0 Å². The van der Waals surface area contributed by atoms with Gasteiger partial charge in [-0.15, -0.1) is 0 Å². The third kappa shape index (κ3) is 3.76. The minimum absolute atomic E-state index is 0.207. The van der Waals surface area contributed by atoms with Crippen molar-refractivity contribution in [2.24, 2.45) is 5.92 Å². The van der Waals surface area contributed by atoms with Crippen molar-refractivity contribution in [3.05, 3.63) is 35.4 Å². The molecule has 2 rings (SSSR count). The first-order chi connectivity index (χ1) is 9.47. The van der Waals surface area contributed by atoms with Crippen molar-refractivity contribution in [3.63, 3.8) is 0 Å². The predicted molar refractivity (Wildman–Crippen MR) is 75.5 cm³/mol. The molecule has 3 unspecified atom stereocenters. The van der Waals surface area contributed by atoms with Crippen molar-refractivity contribution in [1.29, 1.82) is 0 Å². The number of rotatable bonds is 4. The summed E-state index contributed by atoms with van der Waals surface area (Å²) in [5.74, 6) is -0.290. The Morgan fingerprint density at radius 3 is 2.70 bits per heavy atom. The van der Waals surface area contributed by atoms with Gasteiger partial charge in [-0.05, 0) is 43.9 Å². The van der Waals surface area contributed by atoms with E-state index in [1.807, 2.05) is 6.92 Å². The van der Waals surface area contributed by atoms with E-state index < -0.39 is 5.82 Å². The molecule has 0 bridgehead atoms. The monoisotopic (exact) mass is 283 g/mol. The molecule has 4 heteroatoms. The molecule has 1 aromatic rings. The van der Waals surface area contributed by atoms with Crippen LogP contribution in [0.4, 0.5) is 8.78 Å². The zero-order valence-electron chi connectivity index (χ0n) is 12.3. The zero-order chi connectivity index (χ0) is 14.7. The van der Waals surface area contributed by atoms with E-state index in [2.05, 4.69) is 19.2 Å². The van der Waals surface area contributed by atoms with E-state index in [4.69, 9.17) is 4.74 Å². The molecule has 1 fully saturated rings. The van der Waals surface area contributed by atoms with E-state index in [0.29, 0.717) is 11.5 Å². The Bertz CT molecular complexity index is 450. The largest absolute Gasteiger partial charge is 0.378 e. The summed E-state index contributed by atoms with van der Waals surface area (Å²) in [5.41, 5.74) is 0.387. The maximum atomic E-state index is 13.7. The van der Waals surface area contributed by atoms with Crippen molar-refractivity contribution in [1.82, 2.24) is 5.32 Å². The lowest BCUT2D eigenvalue weighted by molar-refractivity contribution is -0.0257. The van der Waals surface area contributed by atoms with Crippen LogP contribution in [0, 0.1) is 17.6 Å². The lowest BCUT2D eigenvalue weighted by Crippen LogP contribution is -2.41. The highest BCUT2D eigenvalue weighted by Crippen LogP contribution is 2.24. The zero-order valence-corrected chi connectivity index (χ0v) is 12.3. The van der Waals surface area contributed by atoms with Gasteiger partial charge >= 0.3 is 0 Å². The normalized spacial score (nSPS) is 24.9. The summed E-state index contributed by atoms with van der Waals surface area (Å²) in [7, 11) is 0. The molecule has 0 spiro atoms. The Kier molecular flexibility index (Phi) is 5.11. The first kappa shape index (κ1) is 15.4. The highest BCUT2D eigenvalue weighted by atomic mass is 19.1. The van der Waals surface area contributed by atoms with Gasteiger partial charge in [0, 0.05) is 24.3 Å². The fourth-order valence-electron chi connectivity index (χ4n) is 2.73. The average molecular weight is 283 g/mol. The van der Waals surface area contributed by atoms with Crippen molar-refractivity contribution in [2.45, 2.75) is 51.8 Å². The van der Waals surface area contributed by atoms with E-state index in [-0.39, 0.29) is 24.0 Å². The summed E-state index contributed by atoms with van der Waals surface area (Å²) in [6.45, 7) is 6.88. The van der Waals surface area contributed by atoms with E-state index in [1.54, 1.807) is 0 Å². The average Bonchev–Trinajstić information content (AvgIpc) is 2.41. The van der Waals surface area contributed by atoms with Crippen LogP contribution < -0.4 is 5.32 Å². The van der Waals surface area contributed by atoms with E-state index >= 15 is 0 Å². The molecule has 1 aromatic carbocycles. The predicted octanol–water partition coefficient (Wildman–Crippen LogP) is 3.82. The number of halogens is 2. The van der Waals surface area contributed by atoms with Crippen LogP contribution >= 0.6 is 0 Å². The minimum atomic E-state index is -0.401. The van der Waals surface area contributed by atoms with E-state index in [9.17, 15) is 8.78 Å². The van der Waals surface area contributed by atoms with Crippen molar-refractivity contribution >= 4 is 0 Å². The first-order valence-corrected chi connectivity index (χ1v) is 7.30. The Hall–Kier alpha value is -1.00. The van der Waals surface area contributed by atoms with E-state index in [1.165, 1.54) is 12.1 Å². The lowest BCUT2D eigenvalue weighted by Gasteiger charge is -2.34. The molecule has 1 saturated heterocycles. The molecule has 1 heterocycles. The molecule has 1 aliphatic rings. The van der Waals surface area contributed by atoms with Gasteiger partial charge in [-0.2, -0.15) is 0 Å². The standard InChI is InChI=1S/C16H23F2NO/c1-10(2)16-9-13(6-7-20-16)19-11(3)14-8-12(17)4-5-15(14)18/h4-5,8,10-11,13,16,19H,6-7,9H2,1-3H3. The minimum Gasteiger partial charge on any atom is -0.378 e. The van der Waals surface area contributed by atoms with Gasteiger partial charge in [0.1, 0.15) is 11.6 Å². The quantitative estimate of drug-likeness (QED) is 0.907. The second kappa shape index (κ2) is 6.64. The van der Waals surface area contributed by atoms with Crippen LogP contribution in [0.25, 0.3) is 0 Å². The van der Waals surface area contributed by atoms with Crippen molar-refractivity contribution < 1.29 is 13.5 Å². The second-order valence-corrected chi connectivity index (χ2v) is 5.93. The van der Waals surface area contributed by atoms with Crippen LogP contribution in [0.2, 0.25) is 0 Å². The van der Waals surface area contributed by atoms with Crippen LogP contribution in [0.15, 0.2) is 18.2 Å². The van der Waals surface area contributed by atoms with Gasteiger partial charge in [0.15, 0.2) is 0 Å². The summed E-state index contributed by atoms with van der Waals surface area (Å²) < 4.78 is 32.7. The van der Waals surface area contributed by atoms with Gasteiger partial charge in [0.25, 0.3) is 0 Å². The summed E-state index contributed by atoms with van der Waals surface area (Å²) in [6.07, 6.45) is 2.06. The Balaban J connectivity index is 2.00. The molecule has 2 nitrogen and oxygen atoms in total. The second-order valence-electron chi connectivity index (χ2n) is 5.93. The van der Waals surface area contributed by atoms with Gasteiger partial charge in [0.2, 0.25) is 0 Å². The van der Waals surface area contributed by atoms with Crippen molar-refractivity contribution in [3.8, 4) is 0 Å². The number of ether oxygens (including phenoxy) is 1. The Morgan fingerprint density at radius 2 is 2.00 bits per heavy atom. The topological polar surface area (TPSA) is 21.3 Å². The summed E-state index contributed by atoms with van der Waals surface area (Å²) in [5, 5.41) is 3.40. The van der Waals surface area contributed by atoms with Crippen molar-refractivity contribution in [2.75, 3.05) is 6.61 Å². The molecule has 0 saturated carbocycles. The molecule has 20 heavy (non-hydrogen) atoms. The molecule has 3 atom stereocenters. The molecule has 1 N–H and O–H groups in total. The van der Waals surface area contributed by atoms with Gasteiger partial charge in [-0.25, -0.2) is 8.78 Å². The van der Waals surface area contributed by atoms with Gasteiger partial charge < -0.3 is 10.1 Å². The Morgan fingerprint density at radius 1 is 1.25 bits per heavy atom. The van der Waals surface area contributed by atoms with Gasteiger partial charge in [-0.1, -0.05) is 13.8 Å². The molecule has 0 radical (unpaired) electrons. The number of benzene rings is 1. The lowest BCUT2D eigenvalue weighted by atomic mass is 9.94.